The number of nitro groups is 1. The topological polar surface area (TPSA) is 84.8 Å². The van der Waals surface area contributed by atoms with Gasteiger partial charge in [0.2, 0.25) is 0 Å². The minimum atomic E-state index is -0.443. The zero-order valence-electron chi connectivity index (χ0n) is 8.33. The van der Waals surface area contributed by atoms with Crippen molar-refractivity contribution in [2.75, 3.05) is 0 Å². The van der Waals surface area contributed by atoms with E-state index in [2.05, 4.69) is 5.10 Å². The zero-order chi connectivity index (χ0) is 11.5. The second-order valence-corrected chi connectivity index (χ2v) is 3.28. The van der Waals surface area contributed by atoms with E-state index in [4.69, 9.17) is 5.26 Å². The summed E-state index contributed by atoms with van der Waals surface area (Å²) in [4.78, 5) is 10.2. The number of aromatic nitrogens is 2. The van der Waals surface area contributed by atoms with E-state index in [-0.39, 0.29) is 5.69 Å². The van der Waals surface area contributed by atoms with Gasteiger partial charge in [-0.25, -0.2) is 0 Å². The second kappa shape index (κ2) is 3.98. The van der Waals surface area contributed by atoms with Crippen molar-refractivity contribution in [2.24, 2.45) is 0 Å². The summed E-state index contributed by atoms with van der Waals surface area (Å²) in [5, 5.41) is 24.0. The van der Waals surface area contributed by atoms with Gasteiger partial charge in [0, 0.05) is 17.5 Å². The summed E-state index contributed by atoms with van der Waals surface area (Å²) in [5.41, 5.74) is 0.718. The van der Waals surface area contributed by atoms with Crippen LogP contribution < -0.4 is 0 Å². The molecular weight excluding hydrogens is 208 g/mol. The summed E-state index contributed by atoms with van der Waals surface area (Å²) >= 11 is 0. The number of hydrogen-bond donors (Lipinski definition) is 0. The van der Waals surface area contributed by atoms with Crippen molar-refractivity contribution >= 4 is 16.6 Å². The van der Waals surface area contributed by atoms with Gasteiger partial charge in [-0.3, -0.25) is 14.8 Å². The number of nitrogens with zero attached hydrogens (tertiary/aromatic N) is 4. The molecule has 1 aromatic carbocycles. The summed E-state index contributed by atoms with van der Waals surface area (Å²) in [6.45, 7) is 0.446. The van der Waals surface area contributed by atoms with Crippen molar-refractivity contribution in [3.63, 3.8) is 0 Å². The third-order valence-electron chi connectivity index (χ3n) is 2.27. The first-order chi connectivity index (χ1) is 7.72. The van der Waals surface area contributed by atoms with Gasteiger partial charge < -0.3 is 0 Å². The first-order valence-electron chi connectivity index (χ1n) is 4.69. The molecule has 6 nitrogen and oxygen atoms in total. The van der Waals surface area contributed by atoms with Crippen LogP contribution in [0.15, 0.2) is 24.4 Å². The number of rotatable bonds is 3. The van der Waals surface area contributed by atoms with Crippen LogP contribution in [-0.4, -0.2) is 14.7 Å². The Morgan fingerprint density at radius 1 is 1.56 bits per heavy atom. The SMILES string of the molecule is N#CCCn1ncc2ccc([N+](=O)[O-])cc21. The lowest BCUT2D eigenvalue weighted by molar-refractivity contribution is -0.384. The predicted molar refractivity (Wildman–Crippen MR) is 56.6 cm³/mol. The maximum Gasteiger partial charge on any atom is 0.271 e. The Bertz CT molecular complexity index is 582. The predicted octanol–water partition coefficient (Wildman–Crippen LogP) is 1.86. The van der Waals surface area contributed by atoms with Gasteiger partial charge in [-0.1, -0.05) is 0 Å². The van der Waals surface area contributed by atoms with Gasteiger partial charge in [-0.2, -0.15) is 10.4 Å². The lowest BCUT2D eigenvalue weighted by atomic mass is 10.2. The van der Waals surface area contributed by atoms with E-state index in [0.29, 0.717) is 18.5 Å². The molecule has 0 N–H and O–H groups in total. The highest BCUT2D eigenvalue weighted by Gasteiger charge is 2.09. The van der Waals surface area contributed by atoms with Crippen LogP contribution in [0.1, 0.15) is 6.42 Å². The third-order valence-corrected chi connectivity index (χ3v) is 2.27. The molecule has 0 aliphatic carbocycles. The van der Waals surface area contributed by atoms with Gasteiger partial charge in [0.15, 0.2) is 0 Å². The van der Waals surface area contributed by atoms with Crippen molar-refractivity contribution < 1.29 is 4.92 Å². The molecule has 16 heavy (non-hydrogen) atoms. The normalized spacial score (nSPS) is 10.2. The Morgan fingerprint density at radius 2 is 2.38 bits per heavy atom. The summed E-state index contributed by atoms with van der Waals surface area (Å²) < 4.78 is 1.60. The van der Waals surface area contributed by atoms with Gasteiger partial charge in [0.1, 0.15) is 0 Å². The van der Waals surface area contributed by atoms with Crippen LogP contribution in [0, 0.1) is 21.4 Å². The molecule has 0 saturated carbocycles. The smallest absolute Gasteiger partial charge is 0.264 e. The van der Waals surface area contributed by atoms with Gasteiger partial charge in [0.25, 0.3) is 5.69 Å². The first-order valence-corrected chi connectivity index (χ1v) is 4.69. The van der Waals surface area contributed by atoms with Gasteiger partial charge >= 0.3 is 0 Å². The molecule has 2 aromatic rings. The fourth-order valence-electron chi connectivity index (χ4n) is 1.51. The lowest BCUT2D eigenvalue weighted by Gasteiger charge is -1.99. The molecule has 0 radical (unpaired) electrons. The Balaban J connectivity index is 2.48. The maximum absolute atomic E-state index is 10.6. The van der Waals surface area contributed by atoms with Crippen LogP contribution >= 0.6 is 0 Å². The van der Waals surface area contributed by atoms with Crippen molar-refractivity contribution in [2.45, 2.75) is 13.0 Å². The fraction of sp³-hybridized carbons (Fsp3) is 0.200. The molecular formula is C10H8N4O2. The van der Waals surface area contributed by atoms with Gasteiger partial charge in [-0.15, -0.1) is 0 Å². The summed E-state index contributed by atoms with van der Waals surface area (Å²) in [6.07, 6.45) is 1.97. The highest BCUT2D eigenvalue weighted by atomic mass is 16.6. The van der Waals surface area contributed by atoms with E-state index < -0.39 is 4.92 Å². The zero-order valence-corrected chi connectivity index (χ0v) is 8.33. The summed E-state index contributed by atoms with van der Waals surface area (Å²) in [5.74, 6) is 0. The average Bonchev–Trinajstić information content (AvgIpc) is 2.68. The van der Waals surface area contributed by atoms with E-state index in [1.54, 1.807) is 16.9 Å². The van der Waals surface area contributed by atoms with Crippen molar-refractivity contribution in [1.82, 2.24) is 9.78 Å². The molecule has 80 valence electrons. The number of nitriles is 1. The Kier molecular flexibility index (Phi) is 2.52. The van der Waals surface area contributed by atoms with E-state index in [9.17, 15) is 10.1 Å². The van der Waals surface area contributed by atoms with E-state index >= 15 is 0 Å². The lowest BCUT2D eigenvalue weighted by Crippen LogP contribution is -1.99. The monoisotopic (exact) mass is 216 g/mol. The van der Waals surface area contributed by atoms with Crippen LogP contribution in [-0.2, 0) is 6.54 Å². The van der Waals surface area contributed by atoms with Crippen molar-refractivity contribution in [1.29, 1.82) is 5.26 Å². The molecule has 0 saturated heterocycles. The number of fused-ring (bicyclic) bond motifs is 1. The summed E-state index contributed by atoms with van der Waals surface area (Å²) in [7, 11) is 0. The highest BCUT2D eigenvalue weighted by molar-refractivity contribution is 5.80. The van der Waals surface area contributed by atoms with E-state index in [1.807, 2.05) is 6.07 Å². The molecule has 0 aliphatic heterocycles. The van der Waals surface area contributed by atoms with E-state index in [1.165, 1.54) is 12.1 Å². The fourth-order valence-corrected chi connectivity index (χ4v) is 1.51. The molecule has 0 fully saturated rings. The quantitative estimate of drug-likeness (QED) is 0.578. The third kappa shape index (κ3) is 1.70. The molecule has 0 atom stereocenters. The molecule has 0 spiro atoms. The average molecular weight is 216 g/mol. The van der Waals surface area contributed by atoms with Gasteiger partial charge in [0.05, 0.1) is 35.7 Å². The number of benzene rings is 1. The minimum absolute atomic E-state index is 0.0335. The van der Waals surface area contributed by atoms with E-state index in [0.717, 1.165) is 5.39 Å². The first kappa shape index (κ1) is 10.1. The van der Waals surface area contributed by atoms with Crippen LogP contribution in [0.5, 0.6) is 0 Å². The molecule has 0 bridgehead atoms. The molecule has 1 heterocycles. The molecule has 2 rings (SSSR count). The van der Waals surface area contributed by atoms with Crippen molar-refractivity contribution in [3.8, 4) is 6.07 Å². The Morgan fingerprint density at radius 3 is 3.06 bits per heavy atom. The van der Waals surface area contributed by atoms with Crippen LogP contribution in [0.3, 0.4) is 0 Å². The largest absolute Gasteiger partial charge is 0.271 e. The molecule has 0 unspecified atom stereocenters. The Hall–Kier alpha value is -2.42. The standard InChI is InChI=1S/C10H8N4O2/c11-4-1-5-13-10-6-9(14(15)16)3-2-8(10)7-12-13/h2-3,6-7H,1,5H2. The van der Waals surface area contributed by atoms with Crippen molar-refractivity contribution in [3.05, 3.63) is 34.5 Å². The number of nitro benzene ring substituents is 1. The van der Waals surface area contributed by atoms with Gasteiger partial charge in [-0.05, 0) is 6.07 Å². The second-order valence-electron chi connectivity index (χ2n) is 3.28. The maximum atomic E-state index is 10.6. The summed E-state index contributed by atoms with van der Waals surface area (Å²) in [6, 6.07) is 6.58. The highest BCUT2D eigenvalue weighted by Crippen LogP contribution is 2.20. The molecule has 0 aliphatic rings. The Labute approximate surface area is 90.9 Å². The number of aryl methyl sites for hydroxylation is 1. The van der Waals surface area contributed by atoms with Crippen LogP contribution in [0.25, 0.3) is 10.9 Å². The van der Waals surface area contributed by atoms with Crippen LogP contribution in [0.4, 0.5) is 5.69 Å². The minimum Gasteiger partial charge on any atom is -0.264 e. The number of non-ortho nitro benzene ring substituents is 1. The number of hydrogen-bond acceptors (Lipinski definition) is 4. The molecule has 0 amide bonds. The molecule has 6 heteroatoms. The van der Waals surface area contributed by atoms with Crippen LogP contribution in [0.2, 0.25) is 0 Å². The molecule has 1 aromatic heterocycles.